The van der Waals surface area contributed by atoms with E-state index in [0.717, 1.165) is 22.8 Å². The largest absolute Gasteiger partial charge is 0.399 e. The van der Waals surface area contributed by atoms with Gasteiger partial charge < -0.3 is 11.1 Å². The fourth-order valence-electron chi connectivity index (χ4n) is 1.29. The third kappa shape index (κ3) is 2.43. The molecule has 0 aliphatic heterocycles. The lowest BCUT2D eigenvalue weighted by Gasteiger charge is -2.05. The number of benzene rings is 1. The minimum Gasteiger partial charge on any atom is -0.399 e. The fraction of sp³-hybridized carbons (Fsp3) is 0.0909. The van der Waals surface area contributed by atoms with E-state index in [-0.39, 0.29) is 0 Å². The van der Waals surface area contributed by atoms with Crippen LogP contribution in [0.2, 0.25) is 0 Å². The summed E-state index contributed by atoms with van der Waals surface area (Å²) in [5, 5.41) is 11.0. The van der Waals surface area contributed by atoms with Crippen LogP contribution in [0.3, 0.4) is 0 Å². The van der Waals surface area contributed by atoms with Crippen LogP contribution in [0.25, 0.3) is 0 Å². The first kappa shape index (κ1) is 9.45. The smallest absolute Gasteiger partial charge is 0.153 e. The van der Waals surface area contributed by atoms with E-state index in [9.17, 15) is 0 Å². The second kappa shape index (κ2) is 3.96. The molecule has 0 fully saturated rings. The third-order valence-electron chi connectivity index (χ3n) is 1.95. The van der Waals surface area contributed by atoms with Gasteiger partial charge in [-0.15, -0.1) is 5.10 Å². The van der Waals surface area contributed by atoms with Crippen LogP contribution in [0.4, 0.5) is 17.2 Å². The summed E-state index contributed by atoms with van der Waals surface area (Å²) >= 11 is 0. The van der Waals surface area contributed by atoms with Gasteiger partial charge in [0.25, 0.3) is 0 Å². The molecule has 15 heavy (non-hydrogen) atoms. The Morgan fingerprint density at radius 1 is 1.27 bits per heavy atom. The Kier molecular flexibility index (Phi) is 2.49. The summed E-state index contributed by atoms with van der Waals surface area (Å²) in [6, 6.07) is 9.44. The van der Waals surface area contributed by atoms with Crippen LogP contribution in [0, 0.1) is 6.92 Å². The molecule has 2 rings (SSSR count). The average molecular weight is 200 g/mol. The van der Waals surface area contributed by atoms with Gasteiger partial charge in [0.2, 0.25) is 0 Å². The Morgan fingerprint density at radius 2 is 2.13 bits per heavy atom. The van der Waals surface area contributed by atoms with Crippen molar-refractivity contribution in [1.82, 2.24) is 10.2 Å². The summed E-state index contributed by atoms with van der Waals surface area (Å²) in [6.07, 6.45) is 1.71. The van der Waals surface area contributed by atoms with Crippen molar-refractivity contribution in [3.63, 3.8) is 0 Å². The van der Waals surface area contributed by atoms with E-state index in [2.05, 4.69) is 15.5 Å². The standard InChI is InChI=1S/C11H12N4/c1-8-5-11(15-13-7-8)14-10-4-2-3-9(12)6-10/h2-7H,12H2,1H3,(H,14,15). The molecule has 0 aliphatic carbocycles. The third-order valence-corrected chi connectivity index (χ3v) is 1.95. The van der Waals surface area contributed by atoms with Crippen molar-refractivity contribution in [3.05, 3.63) is 42.1 Å². The van der Waals surface area contributed by atoms with Gasteiger partial charge in [-0.05, 0) is 36.8 Å². The first-order valence-electron chi connectivity index (χ1n) is 4.66. The Bertz CT molecular complexity index is 424. The topological polar surface area (TPSA) is 63.8 Å². The van der Waals surface area contributed by atoms with Crippen molar-refractivity contribution in [1.29, 1.82) is 0 Å². The monoisotopic (exact) mass is 200 g/mol. The van der Waals surface area contributed by atoms with E-state index in [0.29, 0.717) is 0 Å². The lowest BCUT2D eigenvalue weighted by molar-refractivity contribution is 1.02. The van der Waals surface area contributed by atoms with Gasteiger partial charge in [-0.3, -0.25) is 0 Å². The lowest BCUT2D eigenvalue weighted by Crippen LogP contribution is -1.96. The maximum atomic E-state index is 5.67. The van der Waals surface area contributed by atoms with Crippen LogP contribution >= 0.6 is 0 Å². The predicted molar refractivity (Wildman–Crippen MR) is 60.9 cm³/mol. The molecule has 4 nitrogen and oxygen atoms in total. The number of nitrogen functional groups attached to an aromatic ring is 1. The normalized spacial score (nSPS) is 9.93. The van der Waals surface area contributed by atoms with Crippen LogP contribution < -0.4 is 11.1 Å². The molecular formula is C11H12N4. The highest BCUT2D eigenvalue weighted by Crippen LogP contribution is 2.16. The zero-order valence-electron chi connectivity index (χ0n) is 8.44. The van der Waals surface area contributed by atoms with Crippen molar-refractivity contribution in [2.75, 3.05) is 11.1 Å². The van der Waals surface area contributed by atoms with Crippen LogP contribution in [0.5, 0.6) is 0 Å². The molecule has 1 heterocycles. The first-order chi connectivity index (χ1) is 7.24. The number of nitrogens with two attached hydrogens (primary N) is 1. The van der Waals surface area contributed by atoms with E-state index in [1.54, 1.807) is 6.20 Å². The molecule has 76 valence electrons. The number of hydrogen-bond donors (Lipinski definition) is 2. The zero-order chi connectivity index (χ0) is 10.7. The number of aryl methyl sites for hydroxylation is 1. The summed E-state index contributed by atoms with van der Waals surface area (Å²) in [4.78, 5) is 0. The molecule has 3 N–H and O–H groups in total. The number of nitrogens with zero attached hydrogens (tertiary/aromatic N) is 2. The summed E-state index contributed by atoms with van der Waals surface area (Å²) in [5.74, 6) is 0.723. The highest BCUT2D eigenvalue weighted by atomic mass is 15.2. The summed E-state index contributed by atoms with van der Waals surface area (Å²) in [5.41, 5.74) is 8.37. The zero-order valence-corrected chi connectivity index (χ0v) is 8.44. The maximum Gasteiger partial charge on any atom is 0.153 e. The highest BCUT2D eigenvalue weighted by Gasteiger charge is 1.97. The predicted octanol–water partition coefficient (Wildman–Crippen LogP) is 2.11. The molecule has 0 spiro atoms. The average Bonchev–Trinajstić information content (AvgIpc) is 2.17. The van der Waals surface area contributed by atoms with E-state index < -0.39 is 0 Å². The van der Waals surface area contributed by atoms with Gasteiger partial charge in [0.15, 0.2) is 5.82 Å². The fourth-order valence-corrected chi connectivity index (χ4v) is 1.29. The second-order valence-corrected chi connectivity index (χ2v) is 3.37. The van der Waals surface area contributed by atoms with E-state index in [4.69, 9.17) is 5.73 Å². The summed E-state index contributed by atoms with van der Waals surface area (Å²) < 4.78 is 0. The molecule has 1 aromatic carbocycles. The van der Waals surface area contributed by atoms with Gasteiger partial charge in [0, 0.05) is 11.4 Å². The van der Waals surface area contributed by atoms with Crippen LogP contribution in [0.15, 0.2) is 36.5 Å². The first-order valence-corrected chi connectivity index (χ1v) is 4.66. The van der Waals surface area contributed by atoms with E-state index >= 15 is 0 Å². The Hall–Kier alpha value is -2.10. The second-order valence-electron chi connectivity index (χ2n) is 3.37. The Balaban J connectivity index is 2.22. The van der Waals surface area contributed by atoms with Crippen molar-refractivity contribution in [2.24, 2.45) is 0 Å². The Labute approximate surface area is 88.2 Å². The van der Waals surface area contributed by atoms with Crippen LogP contribution in [-0.4, -0.2) is 10.2 Å². The minimum absolute atomic E-state index is 0.723. The molecule has 0 radical (unpaired) electrons. The van der Waals surface area contributed by atoms with Crippen LogP contribution in [-0.2, 0) is 0 Å². The number of hydrogen-bond acceptors (Lipinski definition) is 4. The van der Waals surface area contributed by atoms with E-state index in [1.807, 2.05) is 37.3 Å². The molecule has 0 bridgehead atoms. The minimum atomic E-state index is 0.723. The summed E-state index contributed by atoms with van der Waals surface area (Å²) in [7, 11) is 0. The molecule has 4 heteroatoms. The van der Waals surface area contributed by atoms with Gasteiger partial charge >= 0.3 is 0 Å². The van der Waals surface area contributed by atoms with Crippen molar-refractivity contribution < 1.29 is 0 Å². The quantitative estimate of drug-likeness (QED) is 0.729. The van der Waals surface area contributed by atoms with Crippen LogP contribution in [0.1, 0.15) is 5.56 Å². The molecule has 0 saturated heterocycles. The molecule has 0 amide bonds. The summed E-state index contributed by atoms with van der Waals surface area (Å²) in [6.45, 7) is 1.97. The highest BCUT2D eigenvalue weighted by molar-refractivity contribution is 5.61. The van der Waals surface area contributed by atoms with Gasteiger partial charge in [-0.25, -0.2) is 0 Å². The molecule has 1 aromatic heterocycles. The Morgan fingerprint density at radius 3 is 2.87 bits per heavy atom. The molecule has 0 atom stereocenters. The molecular weight excluding hydrogens is 188 g/mol. The number of aromatic nitrogens is 2. The van der Waals surface area contributed by atoms with E-state index in [1.165, 1.54) is 0 Å². The molecule has 0 saturated carbocycles. The number of anilines is 3. The molecule has 2 aromatic rings. The van der Waals surface area contributed by atoms with Crippen molar-refractivity contribution in [3.8, 4) is 0 Å². The van der Waals surface area contributed by atoms with Crippen molar-refractivity contribution in [2.45, 2.75) is 6.92 Å². The van der Waals surface area contributed by atoms with Gasteiger partial charge in [0.1, 0.15) is 0 Å². The van der Waals surface area contributed by atoms with Crippen molar-refractivity contribution >= 4 is 17.2 Å². The number of rotatable bonds is 2. The van der Waals surface area contributed by atoms with Gasteiger partial charge in [0.05, 0.1) is 6.20 Å². The molecule has 0 aliphatic rings. The SMILES string of the molecule is Cc1cnnc(Nc2cccc(N)c2)c1. The maximum absolute atomic E-state index is 5.67. The van der Waals surface area contributed by atoms with Gasteiger partial charge in [-0.2, -0.15) is 5.10 Å². The lowest BCUT2D eigenvalue weighted by atomic mass is 10.3. The number of nitrogens with one attached hydrogen (secondary N) is 1. The van der Waals surface area contributed by atoms with Gasteiger partial charge in [-0.1, -0.05) is 6.07 Å². The molecule has 0 unspecified atom stereocenters.